The Bertz CT molecular complexity index is 453. The number of amides is 2. The Morgan fingerprint density at radius 1 is 1.05 bits per heavy atom. The van der Waals surface area contributed by atoms with Crippen LogP contribution >= 0.6 is 0 Å². The molecule has 0 heterocycles. The van der Waals surface area contributed by atoms with Gasteiger partial charge in [-0.3, -0.25) is 9.59 Å². The van der Waals surface area contributed by atoms with Gasteiger partial charge in [-0.15, -0.1) is 0 Å². The molecular weight excluding hydrogens is 252 g/mol. The average molecular weight is 276 g/mol. The smallest absolute Gasteiger partial charge is 0.235 e. The summed E-state index contributed by atoms with van der Waals surface area (Å²) in [5.74, 6) is -0.137. The van der Waals surface area contributed by atoms with Crippen LogP contribution in [0.2, 0.25) is 0 Å². The van der Waals surface area contributed by atoms with E-state index in [4.69, 9.17) is 0 Å². The lowest BCUT2D eigenvalue weighted by atomic mass is 9.90. The number of carbonyl (C=O) groups excluding carboxylic acids is 2. The molecule has 20 heavy (non-hydrogen) atoms. The summed E-state index contributed by atoms with van der Waals surface area (Å²) in [6.07, 6.45) is 0. The average Bonchev–Trinajstić information content (AvgIpc) is 2.42. The minimum Gasteiger partial charge on any atom is -0.355 e. The highest BCUT2D eigenvalue weighted by Crippen LogP contribution is 2.16. The van der Waals surface area contributed by atoms with Crippen molar-refractivity contribution < 1.29 is 9.59 Å². The third-order valence-corrected chi connectivity index (χ3v) is 3.10. The molecule has 110 valence electrons. The molecule has 0 aromatic heterocycles. The van der Waals surface area contributed by atoms with Gasteiger partial charge in [-0.2, -0.15) is 0 Å². The molecule has 0 saturated carbocycles. The summed E-state index contributed by atoms with van der Waals surface area (Å²) in [5.41, 5.74) is -0.0526. The summed E-state index contributed by atoms with van der Waals surface area (Å²) >= 11 is 0. The van der Waals surface area contributed by atoms with Crippen molar-refractivity contribution in [1.29, 1.82) is 0 Å². The molecule has 0 aliphatic rings. The SMILES string of the molecule is CC(C)CNC(=O)C(C)(C)C(=O)NCc1ccccc1. The Balaban J connectivity index is 2.54. The highest BCUT2D eigenvalue weighted by Gasteiger charge is 2.35. The molecule has 0 aliphatic heterocycles. The summed E-state index contributed by atoms with van der Waals surface area (Å²) in [7, 11) is 0. The maximum absolute atomic E-state index is 12.2. The lowest BCUT2D eigenvalue weighted by molar-refractivity contribution is -0.141. The van der Waals surface area contributed by atoms with Crippen LogP contribution in [0, 0.1) is 11.3 Å². The van der Waals surface area contributed by atoms with Gasteiger partial charge < -0.3 is 10.6 Å². The monoisotopic (exact) mass is 276 g/mol. The van der Waals surface area contributed by atoms with Crippen LogP contribution in [0.3, 0.4) is 0 Å². The van der Waals surface area contributed by atoms with Gasteiger partial charge in [0.05, 0.1) is 0 Å². The molecule has 4 nitrogen and oxygen atoms in total. The first kappa shape index (κ1) is 16.2. The van der Waals surface area contributed by atoms with E-state index in [0.717, 1.165) is 5.56 Å². The van der Waals surface area contributed by atoms with Crippen LogP contribution in [0.25, 0.3) is 0 Å². The Morgan fingerprint density at radius 2 is 1.60 bits per heavy atom. The second kappa shape index (κ2) is 7.08. The third-order valence-electron chi connectivity index (χ3n) is 3.10. The second-order valence-electron chi connectivity index (χ2n) is 5.90. The van der Waals surface area contributed by atoms with E-state index in [-0.39, 0.29) is 11.8 Å². The number of hydrogen-bond acceptors (Lipinski definition) is 2. The predicted molar refractivity (Wildman–Crippen MR) is 79.9 cm³/mol. The zero-order valence-corrected chi connectivity index (χ0v) is 12.7. The maximum Gasteiger partial charge on any atom is 0.235 e. The quantitative estimate of drug-likeness (QED) is 0.782. The van der Waals surface area contributed by atoms with Crippen molar-refractivity contribution >= 4 is 11.8 Å². The second-order valence-corrected chi connectivity index (χ2v) is 5.90. The van der Waals surface area contributed by atoms with Gasteiger partial charge in [0.1, 0.15) is 5.41 Å². The molecule has 0 fully saturated rings. The number of nitrogens with one attached hydrogen (secondary N) is 2. The zero-order chi connectivity index (χ0) is 15.2. The molecule has 0 bridgehead atoms. The van der Waals surface area contributed by atoms with Crippen LogP contribution in [-0.2, 0) is 16.1 Å². The fourth-order valence-electron chi connectivity index (χ4n) is 1.62. The fraction of sp³-hybridized carbons (Fsp3) is 0.500. The van der Waals surface area contributed by atoms with E-state index in [1.807, 2.05) is 44.2 Å². The van der Waals surface area contributed by atoms with Gasteiger partial charge in [0.15, 0.2) is 0 Å². The number of hydrogen-bond donors (Lipinski definition) is 2. The molecule has 0 spiro atoms. The molecule has 0 radical (unpaired) electrons. The van der Waals surface area contributed by atoms with Crippen molar-refractivity contribution in [3.05, 3.63) is 35.9 Å². The van der Waals surface area contributed by atoms with Gasteiger partial charge in [0, 0.05) is 13.1 Å². The molecule has 2 N–H and O–H groups in total. The topological polar surface area (TPSA) is 58.2 Å². The Labute approximate surface area is 121 Å². The van der Waals surface area contributed by atoms with Crippen molar-refractivity contribution in [1.82, 2.24) is 10.6 Å². The Morgan fingerprint density at radius 3 is 2.15 bits per heavy atom. The van der Waals surface area contributed by atoms with Crippen LogP contribution in [0.15, 0.2) is 30.3 Å². The predicted octanol–water partition coefficient (Wildman–Crippen LogP) is 2.10. The van der Waals surface area contributed by atoms with Crippen molar-refractivity contribution in [2.45, 2.75) is 34.2 Å². The van der Waals surface area contributed by atoms with Crippen LogP contribution in [0.1, 0.15) is 33.3 Å². The molecule has 0 atom stereocenters. The molecule has 0 aliphatic carbocycles. The van der Waals surface area contributed by atoms with Gasteiger partial charge in [-0.05, 0) is 25.3 Å². The highest BCUT2D eigenvalue weighted by molar-refractivity contribution is 6.04. The van der Waals surface area contributed by atoms with Crippen LogP contribution in [-0.4, -0.2) is 18.4 Å². The van der Waals surface area contributed by atoms with E-state index >= 15 is 0 Å². The maximum atomic E-state index is 12.2. The standard InChI is InChI=1S/C16H24N2O2/c1-12(2)10-17-14(19)16(3,4)15(20)18-11-13-8-6-5-7-9-13/h5-9,12H,10-11H2,1-4H3,(H,17,19)(H,18,20). The number of rotatable bonds is 6. The van der Waals surface area contributed by atoms with Gasteiger partial charge >= 0.3 is 0 Å². The summed E-state index contributed by atoms with van der Waals surface area (Å²) in [4.78, 5) is 24.2. The van der Waals surface area contributed by atoms with E-state index in [1.54, 1.807) is 13.8 Å². The van der Waals surface area contributed by atoms with E-state index in [0.29, 0.717) is 19.0 Å². The first-order chi connectivity index (χ1) is 9.34. The Hall–Kier alpha value is -1.84. The highest BCUT2D eigenvalue weighted by atomic mass is 16.2. The molecule has 0 unspecified atom stereocenters. The van der Waals surface area contributed by atoms with Crippen LogP contribution in [0.4, 0.5) is 0 Å². The van der Waals surface area contributed by atoms with Crippen LogP contribution in [0.5, 0.6) is 0 Å². The Kier molecular flexibility index (Phi) is 5.74. The third kappa shape index (κ3) is 4.68. The van der Waals surface area contributed by atoms with Crippen LogP contribution < -0.4 is 10.6 Å². The summed E-state index contributed by atoms with van der Waals surface area (Å²) in [6, 6.07) is 9.64. The lowest BCUT2D eigenvalue weighted by Crippen LogP contribution is -2.48. The van der Waals surface area contributed by atoms with Gasteiger partial charge in [-0.25, -0.2) is 0 Å². The first-order valence-electron chi connectivity index (χ1n) is 6.94. The minimum atomic E-state index is -1.07. The van der Waals surface area contributed by atoms with Crippen molar-refractivity contribution in [3.8, 4) is 0 Å². The van der Waals surface area contributed by atoms with E-state index < -0.39 is 5.41 Å². The van der Waals surface area contributed by atoms with Crippen molar-refractivity contribution in [2.24, 2.45) is 11.3 Å². The minimum absolute atomic E-state index is 0.239. The molecular formula is C16H24N2O2. The van der Waals surface area contributed by atoms with Gasteiger partial charge in [-0.1, -0.05) is 44.2 Å². The number of benzene rings is 1. The normalized spacial score (nSPS) is 11.2. The molecule has 2 amide bonds. The molecule has 1 aromatic rings. The summed E-state index contributed by atoms with van der Waals surface area (Å²) in [5, 5.41) is 5.61. The first-order valence-corrected chi connectivity index (χ1v) is 6.94. The van der Waals surface area contributed by atoms with E-state index in [1.165, 1.54) is 0 Å². The van der Waals surface area contributed by atoms with E-state index in [9.17, 15) is 9.59 Å². The summed E-state index contributed by atoms with van der Waals surface area (Å²) < 4.78 is 0. The van der Waals surface area contributed by atoms with Crippen molar-refractivity contribution in [3.63, 3.8) is 0 Å². The molecule has 4 heteroatoms. The zero-order valence-electron chi connectivity index (χ0n) is 12.7. The lowest BCUT2D eigenvalue weighted by Gasteiger charge is -2.23. The molecule has 1 aromatic carbocycles. The van der Waals surface area contributed by atoms with Gasteiger partial charge in [0.2, 0.25) is 11.8 Å². The molecule has 1 rings (SSSR count). The largest absolute Gasteiger partial charge is 0.355 e. The van der Waals surface area contributed by atoms with Crippen molar-refractivity contribution in [2.75, 3.05) is 6.54 Å². The fourth-order valence-corrected chi connectivity index (χ4v) is 1.62. The molecule has 0 saturated heterocycles. The number of carbonyl (C=O) groups is 2. The van der Waals surface area contributed by atoms with Gasteiger partial charge in [0.25, 0.3) is 0 Å². The summed E-state index contributed by atoms with van der Waals surface area (Å²) in [6.45, 7) is 8.33. The van der Waals surface area contributed by atoms with E-state index in [2.05, 4.69) is 10.6 Å².